The standard InChI is InChI=1S/C11H12ClN3O/c1-15-5-4-14-11(15)7-16-10-3-2-8(12)6-9(10)13/h2-6H,7,13H2,1H3. The topological polar surface area (TPSA) is 53.1 Å². The van der Waals surface area contributed by atoms with Gasteiger partial charge in [-0.25, -0.2) is 4.98 Å². The number of anilines is 1. The highest BCUT2D eigenvalue weighted by Gasteiger charge is 2.04. The van der Waals surface area contributed by atoms with Crippen LogP contribution in [0, 0.1) is 0 Å². The molecular formula is C11H12ClN3O. The van der Waals surface area contributed by atoms with Gasteiger partial charge in [0.25, 0.3) is 0 Å². The number of nitrogen functional groups attached to an aromatic ring is 1. The summed E-state index contributed by atoms with van der Waals surface area (Å²) in [4.78, 5) is 4.15. The Morgan fingerprint density at radius 2 is 2.31 bits per heavy atom. The van der Waals surface area contributed by atoms with E-state index in [9.17, 15) is 0 Å². The fourth-order valence-corrected chi connectivity index (χ4v) is 1.51. The monoisotopic (exact) mass is 237 g/mol. The second-order valence-corrected chi connectivity index (χ2v) is 3.86. The SMILES string of the molecule is Cn1ccnc1COc1ccc(Cl)cc1N. The molecule has 0 fully saturated rings. The highest BCUT2D eigenvalue weighted by atomic mass is 35.5. The predicted molar refractivity (Wildman–Crippen MR) is 63.4 cm³/mol. The quantitative estimate of drug-likeness (QED) is 0.833. The summed E-state index contributed by atoms with van der Waals surface area (Å²) in [7, 11) is 1.91. The minimum Gasteiger partial charge on any atom is -0.484 e. The second kappa shape index (κ2) is 4.45. The van der Waals surface area contributed by atoms with Crippen LogP contribution in [-0.2, 0) is 13.7 Å². The van der Waals surface area contributed by atoms with E-state index < -0.39 is 0 Å². The van der Waals surface area contributed by atoms with Crippen molar-refractivity contribution in [3.05, 3.63) is 41.4 Å². The predicted octanol–water partition coefficient (Wildman–Crippen LogP) is 2.23. The molecule has 0 saturated heterocycles. The number of rotatable bonds is 3. The van der Waals surface area contributed by atoms with Crippen LogP contribution in [-0.4, -0.2) is 9.55 Å². The number of ether oxygens (including phenoxy) is 1. The molecule has 84 valence electrons. The molecule has 0 unspecified atom stereocenters. The first-order valence-corrected chi connectivity index (χ1v) is 5.18. The van der Waals surface area contributed by atoms with Crippen LogP contribution < -0.4 is 10.5 Å². The molecule has 2 rings (SSSR count). The minimum absolute atomic E-state index is 0.384. The molecule has 0 saturated carbocycles. The maximum absolute atomic E-state index is 5.79. The van der Waals surface area contributed by atoms with E-state index >= 15 is 0 Å². The van der Waals surface area contributed by atoms with Crippen molar-refractivity contribution in [3.8, 4) is 5.75 Å². The van der Waals surface area contributed by atoms with Gasteiger partial charge in [-0.3, -0.25) is 0 Å². The van der Waals surface area contributed by atoms with E-state index in [-0.39, 0.29) is 0 Å². The number of hydrogen-bond acceptors (Lipinski definition) is 3. The molecule has 0 aliphatic rings. The highest BCUT2D eigenvalue weighted by Crippen LogP contribution is 2.25. The van der Waals surface area contributed by atoms with E-state index in [0.717, 1.165) is 5.82 Å². The average molecular weight is 238 g/mol. The molecule has 4 nitrogen and oxygen atoms in total. The first-order chi connectivity index (χ1) is 7.66. The van der Waals surface area contributed by atoms with Gasteiger partial charge in [-0.2, -0.15) is 0 Å². The van der Waals surface area contributed by atoms with Crippen molar-refractivity contribution in [2.75, 3.05) is 5.73 Å². The number of aromatic nitrogens is 2. The molecular weight excluding hydrogens is 226 g/mol. The smallest absolute Gasteiger partial charge is 0.146 e. The van der Waals surface area contributed by atoms with Crippen molar-refractivity contribution in [3.63, 3.8) is 0 Å². The van der Waals surface area contributed by atoms with Crippen LogP contribution in [0.3, 0.4) is 0 Å². The molecule has 0 spiro atoms. The Morgan fingerprint density at radius 1 is 1.50 bits per heavy atom. The van der Waals surface area contributed by atoms with Gasteiger partial charge in [-0.05, 0) is 18.2 Å². The minimum atomic E-state index is 0.384. The van der Waals surface area contributed by atoms with Gasteiger partial charge in [0.1, 0.15) is 18.2 Å². The van der Waals surface area contributed by atoms with Gasteiger partial charge in [0.2, 0.25) is 0 Å². The number of imidazole rings is 1. The summed E-state index contributed by atoms with van der Waals surface area (Å²) in [6.45, 7) is 0.384. The molecule has 0 amide bonds. The zero-order valence-corrected chi connectivity index (χ0v) is 9.61. The molecule has 1 aromatic carbocycles. The Balaban J connectivity index is 2.08. The summed E-state index contributed by atoms with van der Waals surface area (Å²) in [6.07, 6.45) is 3.59. The maximum Gasteiger partial charge on any atom is 0.146 e. The normalized spacial score (nSPS) is 10.4. The fourth-order valence-electron chi connectivity index (χ4n) is 1.33. The van der Waals surface area contributed by atoms with Gasteiger partial charge in [0, 0.05) is 24.5 Å². The maximum atomic E-state index is 5.79. The van der Waals surface area contributed by atoms with E-state index in [4.69, 9.17) is 22.1 Å². The summed E-state index contributed by atoms with van der Waals surface area (Å²) >= 11 is 5.79. The van der Waals surface area contributed by atoms with Crippen molar-refractivity contribution in [2.24, 2.45) is 7.05 Å². The molecule has 2 N–H and O–H groups in total. The Bertz CT molecular complexity index is 496. The lowest BCUT2D eigenvalue weighted by molar-refractivity contribution is 0.293. The number of hydrogen-bond donors (Lipinski definition) is 1. The van der Waals surface area contributed by atoms with Gasteiger partial charge in [-0.1, -0.05) is 11.6 Å². The summed E-state index contributed by atoms with van der Waals surface area (Å²) in [5, 5.41) is 0.599. The Labute approximate surface area is 98.6 Å². The summed E-state index contributed by atoms with van der Waals surface area (Å²) in [5.74, 6) is 1.46. The molecule has 0 radical (unpaired) electrons. The average Bonchev–Trinajstić information content (AvgIpc) is 2.63. The van der Waals surface area contributed by atoms with Crippen molar-refractivity contribution in [2.45, 2.75) is 6.61 Å². The zero-order chi connectivity index (χ0) is 11.5. The van der Waals surface area contributed by atoms with Crippen molar-refractivity contribution < 1.29 is 4.74 Å². The van der Waals surface area contributed by atoms with Crippen LogP contribution in [0.15, 0.2) is 30.6 Å². The van der Waals surface area contributed by atoms with Gasteiger partial charge >= 0.3 is 0 Å². The van der Waals surface area contributed by atoms with Crippen LogP contribution >= 0.6 is 11.6 Å². The van der Waals surface area contributed by atoms with E-state index in [1.807, 2.05) is 17.8 Å². The van der Waals surface area contributed by atoms with Gasteiger partial charge in [0.05, 0.1) is 5.69 Å². The number of aryl methyl sites for hydroxylation is 1. The summed E-state index contributed by atoms with van der Waals surface area (Å²) in [6, 6.07) is 5.15. The first kappa shape index (κ1) is 10.8. The van der Waals surface area contributed by atoms with Gasteiger partial charge < -0.3 is 15.0 Å². The molecule has 1 aromatic heterocycles. The molecule has 0 aliphatic heterocycles. The van der Waals surface area contributed by atoms with Gasteiger partial charge in [0.15, 0.2) is 0 Å². The van der Waals surface area contributed by atoms with Crippen molar-refractivity contribution >= 4 is 17.3 Å². The van der Waals surface area contributed by atoms with Crippen molar-refractivity contribution in [1.82, 2.24) is 9.55 Å². The second-order valence-electron chi connectivity index (χ2n) is 3.43. The number of nitrogens with two attached hydrogens (primary N) is 1. The zero-order valence-electron chi connectivity index (χ0n) is 8.85. The summed E-state index contributed by atoms with van der Waals surface area (Å²) < 4.78 is 7.44. The van der Waals surface area contributed by atoms with Crippen LogP contribution in [0.5, 0.6) is 5.75 Å². The molecule has 0 atom stereocenters. The Morgan fingerprint density at radius 3 is 2.94 bits per heavy atom. The largest absolute Gasteiger partial charge is 0.484 e. The molecule has 5 heteroatoms. The van der Waals surface area contributed by atoms with Gasteiger partial charge in [-0.15, -0.1) is 0 Å². The number of benzene rings is 1. The lowest BCUT2D eigenvalue weighted by Gasteiger charge is -2.08. The molecule has 1 heterocycles. The molecule has 16 heavy (non-hydrogen) atoms. The van der Waals surface area contributed by atoms with E-state index in [1.165, 1.54) is 0 Å². The van der Waals surface area contributed by atoms with Crippen LogP contribution in [0.25, 0.3) is 0 Å². The third-order valence-electron chi connectivity index (χ3n) is 2.25. The highest BCUT2D eigenvalue weighted by molar-refractivity contribution is 6.30. The Kier molecular flexibility index (Phi) is 3.01. The first-order valence-electron chi connectivity index (χ1n) is 4.81. The molecule has 0 bridgehead atoms. The third kappa shape index (κ3) is 2.28. The number of nitrogens with zero attached hydrogens (tertiary/aromatic N) is 2. The molecule has 2 aromatic rings. The van der Waals surface area contributed by atoms with E-state index in [1.54, 1.807) is 24.4 Å². The number of halogens is 1. The lowest BCUT2D eigenvalue weighted by atomic mass is 10.3. The van der Waals surface area contributed by atoms with Crippen LogP contribution in [0.4, 0.5) is 5.69 Å². The van der Waals surface area contributed by atoms with E-state index in [2.05, 4.69) is 4.98 Å². The lowest BCUT2D eigenvalue weighted by Crippen LogP contribution is -2.04. The third-order valence-corrected chi connectivity index (χ3v) is 2.48. The van der Waals surface area contributed by atoms with Crippen LogP contribution in [0.2, 0.25) is 5.02 Å². The summed E-state index contributed by atoms with van der Waals surface area (Å²) in [5.41, 5.74) is 6.29. The molecule has 0 aliphatic carbocycles. The Hall–Kier alpha value is -1.68. The van der Waals surface area contributed by atoms with E-state index in [0.29, 0.717) is 23.1 Å². The fraction of sp³-hybridized carbons (Fsp3) is 0.182. The van der Waals surface area contributed by atoms with Crippen LogP contribution in [0.1, 0.15) is 5.82 Å². The van der Waals surface area contributed by atoms with Crippen molar-refractivity contribution in [1.29, 1.82) is 0 Å².